The molecule has 0 aliphatic heterocycles. The maximum Gasteiger partial charge on any atom is 0.339 e. The number of esters is 1. The maximum atomic E-state index is 12.4. The van der Waals surface area contributed by atoms with Gasteiger partial charge in [0.1, 0.15) is 0 Å². The van der Waals surface area contributed by atoms with E-state index in [4.69, 9.17) is 4.74 Å². The summed E-state index contributed by atoms with van der Waals surface area (Å²) < 4.78 is 5.28. The molecule has 0 radical (unpaired) electrons. The van der Waals surface area contributed by atoms with Crippen LogP contribution >= 0.6 is 0 Å². The first-order valence-corrected chi connectivity index (χ1v) is 7.72. The van der Waals surface area contributed by atoms with Crippen LogP contribution in [0.2, 0.25) is 0 Å². The Hall–Kier alpha value is -2.62. The van der Waals surface area contributed by atoms with Crippen LogP contribution in [-0.2, 0) is 16.0 Å². The number of carbonyl (C=O) groups is 2. The molecule has 0 fully saturated rings. The predicted octanol–water partition coefficient (Wildman–Crippen LogP) is 2.96. The molecule has 4 heteroatoms. The summed E-state index contributed by atoms with van der Waals surface area (Å²) in [5, 5.41) is 2.64. The number of hydrogen-bond acceptors (Lipinski definition) is 3. The molecule has 0 saturated carbocycles. The molecule has 2 aromatic rings. The van der Waals surface area contributed by atoms with E-state index < -0.39 is 12.1 Å². The summed E-state index contributed by atoms with van der Waals surface area (Å²) in [6.07, 6.45) is -0.172. The minimum absolute atomic E-state index is 0.290. The van der Waals surface area contributed by atoms with Crippen molar-refractivity contribution in [3.05, 3.63) is 71.3 Å². The predicted molar refractivity (Wildman–Crippen MR) is 89.3 cm³/mol. The Morgan fingerprint density at radius 2 is 1.70 bits per heavy atom. The number of hydrogen-bond donors (Lipinski definition) is 1. The van der Waals surface area contributed by atoms with Crippen molar-refractivity contribution in [3.63, 3.8) is 0 Å². The van der Waals surface area contributed by atoms with Gasteiger partial charge in [-0.05, 0) is 37.5 Å². The van der Waals surface area contributed by atoms with Gasteiger partial charge in [-0.3, -0.25) is 4.79 Å². The van der Waals surface area contributed by atoms with Crippen molar-refractivity contribution in [1.82, 2.24) is 5.32 Å². The van der Waals surface area contributed by atoms with Crippen LogP contribution in [0.3, 0.4) is 0 Å². The van der Waals surface area contributed by atoms with Gasteiger partial charge in [-0.25, -0.2) is 4.79 Å². The lowest BCUT2D eigenvalue weighted by molar-refractivity contribution is -0.128. The summed E-state index contributed by atoms with van der Waals surface area (Å²) in [6, 6.07) is 17.2. The Morgan fingerprint density at radius 1 is 1.04 bits per heavy atom. The zero-order valence-corrected chi connectivity index (χ0v) is 13.4. The first-order valence-electron chi connectivity index (χ1n) is 7.72. The molecule has 4 nitrogen and oxygen atoms in total. The van der Waals surface area contributed by atoms with Crippen molar-refractivity contribution < 1.29 is 14.3 Å². The highest BCUT2D eigenvalue weighted by molar-refractivity contribution is 5.93. The second-order valence-corrected chi connectivity index (χ2v) is 5.26. The maximum absolute atomic E-state index is 12.4. The normalized spacial score (nSPS) is 11.6. The van der Waals surface area contributed by atoms with E-state index in [2.05, 4.69) is 5.32 Å². The van der Waals surface area contributed by atoms with Gasteiger partial charge >= 0.3 is 5.97 Å². The zero-order valence-electron chi connectivity index (χ0n) is 13.4. The molecule has 0 bridgehead atoms. The number of likely N-dealkylation sites (N-methyl/N-ethyl adjacent to an activating group) is 1. The second kappa shape index (κ2) is 8.13. The first kappa shape index (κ1) is 16.7. The first-order chi connectivity index (χ1) is 11.1. The Labute approximate surface area is 136 Å². The van der Waals surface area contributed by atoms with E-state index in [1.54, 1.807) is 19.1 Å². The van der Waals surface area contributed by atoms with Crippen molar-refractivity contribution in [1.29, 1.82) is 0 Å². The summed E-state index contributed by atoms with van der Waals surface area (Å²) in [5.41, 5.74) is 2.49. The Bertz CT molecular complexity index is 667. The lowest BCUT2D eigenvalue weighted by atomic mass is 10.00. The number of nitrogens with one attached hydrogen (secondary N) is 1. The number of benzene rings is 2. The molecule has 1 N–H and O–H groups in total. The highest BCUT2D eigenvalue weighted by atomic mass is 16.5. The number of carbonyl (C=O) groups excluding carboxylic acids is 2. The van der Waals surface area contributed by atoms with Crippen LogP contribution in [0.1, 0.15) is 35.3 Å². The smallest absolute Gasteiger partial charge is 0.339 e. The van der Waals surface area contributed by atoms with E-state index >= 15 is 0 Å². The Balaban J connectivity index is 2.13. The van der Waals surface area contributed by atoms with Crippen LogP contribution in [0, 0.1) is 0 Å². The third kappa shape index (κ3) is 4.68. The summed E-state index contributed by atoms with van der Waals surface area (Å²) in [4.78, 5) is 24.1. The van der Waals surface area contributed by atoms with Crippen LogP contribution in [0.5, 0.6) is 0 Å². The summed E-state index contributed by atoms with van der Waals surface area (Å²) in [7, 11) is 0. The van der Waals surface area contributed by atoms with E-state index in [-0.39, 0.29) is 5.91 Å². The SMILES string of the molecule is CCNC(=O)[C@@H](C)OC(=O)c1ccccc1Cc1ccccc1. The van der Waals surface area contributed by atoms with Crippen molar-refractivity contribution in [3.8, 4) is 0 Å². The minimum Gasteiger partial charge on any atom is -0.449 e. The van der Waals surface area contributed by atoms with Crippen LogP contribution in [0.25, 0.3) is 0 Å². The van der Waals surface area contributed by atoms with Crippen molar-refractivity contribution >= 4 is 11.9 Å². The van der Waals surface area contributed by atoms with Gasteiger partial charge in [-0.1, -0.05) is 48.5 Å². The van der Waals surface area contributed by atoms with Gasteiger partial charge in [0.25, 0.3) is 5.91 Å². The second-order valence-electron chi connectivity index (χ2n) is 5.26. The molecule has 2 rings (SSSR count). The van der Waals surface area contributed by atoms with Crippen LogP contribution < -0.4 is 5.32 Å². The van der Waals surface area contributed by atoms with Crippen molar-refractivity contribution in [2.75, 3.05) is 6.54 Å². The fourth-order valence-electron chi connectivity index (χ4n) is 2.28. The molecule has 0 saturated heterocycles. The quantitative estimate of drug-likeness (QED) is 0.835. The van der Waals surface area contributed by atoms with Crippen LogP contribution in [0.4, 0.5) is 0 Å². The topological polar surface area (TPSA) is 55.4 Å². The van der Waals surface area contributed by atoms with Crippen LogP contribution in [-0.4, -0.2) is 24.5 Å². The molecular weight excluding hydrogens is 290 g/mol. The molecule has 120 valence electrons. The third-order valence-electron chi connectivity index (χ3n) is 3.48. The lowest BCUT2D eigenvalue weighted by Crippen LogP contribution is -2.35. The van der Waals surface area contributed by atoms with Gasteiger partial charge in [-0.2, -0.15) is 0 Å². The van der Waals surface area contributed by atoms with E-state index in [9.17, 15) is 9.59 Å². The number of amides is 1. The lowest BCUT2D eigenvalue weighted by Gasteiger charge is -2.14. The largest absolute Gasteiger partial charge is 0.449 e. The van der Waals surface area contributed by atoms with Gasteiger partial charge < -0.3 is 10.1 Å². The molecule has 0 unspecified atom stereocenters. The fourth-order valence-corrected chi connectivity index (χ4v) is 2.28. The van der Waals surface area contributed by atoms with Crippen molar-refractivity contribution in [2.24, 2.45) is 0 Å². The zero-order chi connectivity index (χ0) is 16.7. The van der Waals surface area contributed by atoms with Gasteiger partial charge in [0.05, 0.1) is 5.56 Å². The van der Waals surface area contributed by atoms with E-state index in [1.807, 2.05) is 49.4 Å². The number of ether oxygens (including phenoxy) is 1. The summed E-state index contributed by atoms with van der Waals surface area (Å²) >= 11 is 0. The molecule has 2 aromatic carbocycles. The molecule has 0 aliphatic carbocycles. The average Bonchev–Trinajstić information content (AvgIpc) is 2.56. The molecule has 0 aliphatic rings. The Kier molecular flexibility index (Phi) is 5.92. The standard InChI is InChI=1S/C19H21NO3/c1-3-20-18(21)14(2)23-19(22)17-12-8-7-11-16(17)13-15-9-5-4-6-10-15/h4-12,14H,3,13H2,1-2H3,(H,20,21)/t14-/m1/s1. The van der Waals surface area contributed by atoms with E-state index in [1.165, 1.54) is 0 Å². The highest BCUT2D eigenvalue weighted by Crippen LogP contribution is 2.16. The molecule has 0 aromatic heterocycles. The molecule has 1 amide bonds. The van der Waals surface area contributed by atoms with Crippen LogP contribution in [0.15, 0.2) is 54.6 Å². The summed E-state index contributed by atoms with van der Waals surface area (Å²) in [6.45, 7) is 3.90. The van der Waals surface area contributed by atoms with Gasteiger partial charge in [0.2, 0.25) is 0 Å². The molecule has 23 heavy (non-hydrogen) atoms. The van der Waals surface area contributed by atoms with Gasteiger partial charge in [0.15, 0.2) is 6.10 Å². The average molecular weight is 311 g/mol. The highest BCUT2D eigenvalue weighted by Gasteiger charge is 2.20. The Morgan fingerprint density at radius 3 is 2.39 bits per heavy atom. The number of rotatable bonds is 6. The molecule has 1 atom stereocenters. The van der Waals surface area contributed by atoms with E-state index in [0.717, 1.165) is 11.1 Å². The van der Waals surface area contributed by atoms with Gasteiger partial charge in [-0.15, -0.1) is 0 Å². The monoisotopic (exact) mass is 311 g/mol. The van der Waals surface area contributed by atoms with E-state index in [0.29, 0.717) is 18.5 Å². The molecule has 0 spiro atoms. The summed E-state index contributed by atoms with van der Waals surface area (Å²) in [5.74, 6) is -0.767. The minimum atomic E-state index is -0.813. The van der Waals surface area contributed by atoms with Gasteiger partial charge in [0, 0.05) is 6.54 Å². The molecular formula is C19H21NO3. The third-order valence-corrected chi connectivity index (χ3v) is 3.48. The molecule has 0 heterocycles. The van der Waals surface area contributed by atoms with Crippen molar-refractivity contribution in [2.45, 2.75) is 26.4 Å². The fraction of sp³-hybridized carbons (Fsp3) is 0.263.